The maximum Gasteiger partial charge on any atom is 0.162 e. The molecule has 1 heterocycles. The van der Waals surface area contributed by atoms with Gasteiger partial charge in [-0.2, -0.15) is 0 Å². The molecule has 0 amide bonds. The molecule has 0 unspecified atom stereocenters. The van der Waals surface area contributed by atoms with Crippen LogP contribution in [-0.4, -0.2) is 17.1 Å². The Kier molecular flexibility index (Phi) is 2.87. The van der Waals surface area contributed by atoms with E-state index in [-0.39, 0.29) is 0 Å². The highest BCUT2D eigenvalue weighted by molar-refractivity contribution is 9.10. The van der Waals surface area contributed by atoms with E-state index >= 15 is 0 Å². The van der Waals surface area contributed by atoms with E-state index in [0.29, 0.717) is 16.1 Å². The van der Waals surface area contributed by atoms with Gasteiger partial charge in [0.25, 0.3) is 0 Å². The number of nitrogens with two attached hydrogens (primary N) is 1. The van der Waals surface area contributed by atoms with Gasteiger partial charge in [-0.15, -0.1) is 0 Å². The molecule has 0 atom stereocenters. The van der Waals surface area contributed by atoms with Crippen LogP contribution >= 0.6 is 15.9 Å². The number of nitrogens with zero attached hydrogens (tertiary/aromatic N) is 2. The SMILES string of the molecule is COC(C)(C)c1ncc(Br)c(N)n1. The van der Waals surface area contributed by atoms with Crippen LogP contribution in [0.2, 0.25) is 0 Å². The highest BCUT2D eigenvalue weighted by Crippen LogP contribution is 2.23. The first kappa shape index (κ1) is 10.4. The number of aromatic nitrogens is 2. The van der Waals surface area contributed by atoms with Crippen LogP contribution in [0.3, 0.4) is 0 Å². The van der Waals surface area contributed by atoms with Gasteiger partial charge in [-0.25, -0.2) is 9.97 Å². The third-order valence-electron chi connectivity index (χ3n) is 1.82. The molecule has 0 fully saturated rings. The molecule has 0 spiro atoms. The van der Waals surface area contributed by atoms with Crippen LogP contribution in [0.25, 0.3) is 0 Å². The molecule has 0 saturated heterocycles. The lowest BCUT2D eigenvalue weighted by atomic mass is 10.1. The van der Waals surface area contributed by atoms with Crippen molar-refractivity contribution in [1.82, 2.24) is 9.97 Å². The first-order valence-corrected chi connectivity index (χ1v) is 4.60. The van der Waals surface area contributed by atoms with Crippen molar-refractivity contribution in [2.24, 2.45) is 0 Å². The lowest BCUT2D eigenvalue weighted by molar-refractivity contribution is 0.0115. The summed E-state index contributed by atoms with van der Waals surface area (Å²) >= 11 is 3.23. The summed E-state index contributed by atoms with van der Waals surface area (Å²) in [5.41, 5.74) is 5.11. The van der Waals surface area contributed by atoms with E-state index in [2.05, 4.69) is 25.9 Å². The van der Waals surface area contributed by atoms with Crippen LogP contribution in [0.1, 0.15) is 19.7 Å². The molecule has 0 saturated carbocycles. The second-order valence-corrected chi connectivity index (χ2v) is 4.00. The van der Waals surface area contributed by atoms with Crippen LogP contribution in [0.5, 0.6) is 0 Å². The molecule has 72 valence electrons. The Hall–Kier alpha value is -0.680. The summed E-state index contributed by atoms with van der Waals surface area (Å²) in [4.78, 5) is 8.23. The number of hydrogen-bond acceptors (Lipinski definition) is 4. The molecule has 4 nitrogen and oxygen atoms in total. The van der Waals surface area contributed by atoms with Crippen molar-refractivity contribution in [1.29, 1.82) is 0 Å². The van der Waals surface area contributed by atoms with E-state index in [1.807, 2.05) is 13.8 Å². The highest BCUT2D eigenvalue weighted by atomic mass is 79.9. The van der Waals surface area contributed by atoms with Crippen LogP contribution in [0, 0.1) is 0 Å². The lowest BCUT2D eigenvalue weighted by Crippen LogP contribution is -2.23. The minimum Gasteiger partial charge on any atom is -0.383 e. The standard InChI is InChI=1S/C8H12BrN3O/c1-8(2,13-3)7-11-4-5(9)6(10)12-7/h4H,1-3H3,(H2,10,11,12). The maximum atomic E-state index is 5.62. The second-order valence-electron chi connectivity index (χ2n) is 3.14. The number of ether oxygens (including phenoxy) is 1. The Morgan fingerprint density at radius 2 is 2.15 bits per heavy atom. The number of hydrogen-bond donors (Lipinski definition) is 1. The number of rotatable bonds is 2. The minimum atomic E-state index is -0.505. The van der Waals surface area contributed by atoms with E-state index in [4.69, 9.17) is 10.5 Å². The molecule has 2 N–H and O–H groups in total. The van der Waals surface area contributed by atoms with Crippen molar-refractivity contribution in [2.75, 3.05) is 12.8 Å². The van der Waals surface area contributed by atoms with Crippen molar-refractivity contribution in [3.8, 4) is 0 Å². The van der Waals surface area contributed by atoms with Gasteiger partial charge >= 0.3 is 0 Å². The molecule has 0 radical (unpaired) electrons. The van der Waals surface area contributed by atoms with Crippen LogP contribution in [0.4, 0.5) is 5.82 Å². The molecule has 1 aromatic rings. The lowest BCUT2D eigenvalue weighted by Gasteiger charge is -2.20. The van der Waals surface area contributed by atoms with Crippen LogP contribution < -0.4 is 5.73 Å². The van der Waals surface area contributed by atoms with Gasteiger partial charge < -0.3 is 10.5 Å². The molecule has 5 heteroatoms. The molecule has 1 aromatic heterocycles. The number of nitrogen functional groups attached to an aromatic ring is 1. The number of anilines is 1. The largest absolute Gasteiger partial charge is 0.383 e. The summed E-state index contributed by atoms with van der Waals surface area (Å²) in [6, 6.07) is 0. The predicted octanol–water partition coefficient (Wildman–Crippen LogP) is 1.70. The van der Waals surface area contributed by atoms with Gasteiger partial charge in [0.05, 0.1) is 4.47 Å². The van der Waals surface area contributed by atoms with Crippen LogP contribution in [-0.2, 0) is 10.3 Å². The second kappa shape index (κ2) is 3.59. The number of halogens is 1. The zero-order chi connectivity index (χ0) is 10.1. The van der Waals surface area contributed by atoms with Crippen molar-refractivity contribution in [3.63, 3.8) is 0 Å². The normalized spacial score (nSPS) is 11.7. The Labute approximate surface area is 85.7 Å². The number of methoxy groups -OCH3 is 1. The van der Waals surface area contributed by atoms with E-state index < -0.39 is 5.60 Å². The average Bonchev–Trinajstić information content (AvgIpc) is 2.09. The fourth-order valence-electron chi connectivity index (χ4n) is 0.762. The third-order valence-corrected chi connectivity index (χ3v) is 2.43. The molecule has 1 rings (SSSR count). The van der Waals surface area contributed by atoms with Gasteiger partial charge in [0, 0.05) is 13.3 Å². The van der Waals surface area contributed by atoms with Gasteiger partial charge in [-0.1, -0.05) is 0 Å². The van der Waals surface area contributed by atoms with Gasteiger partial charge in [0.2, 0.25) is 0 Å². The summed E-state index contributed by atoms with van der Waals surface area (Å²) in [6.45, 7) is 3.77. The first-order valence-electron chi connectivity index (χ1n) is 3.81. The van der Waals surface area contributed by atoms with Gasteiger partial charge in [-0.05, 0) is 29.8 Å². The summed E-state index contributed by atoms with van der Waals surface area (Å²) in [7, 11) is 1.61. The van der Waals surface area contributed by atoms with Crippen molar-refractivity contribution < 1.29 is 4.74 Å². The monoisotopic (exact) mass is 245 g/mol. The fraction of sp³-hybridized carbons (Fsp3) is 0.500. The van der Waals surface area contributed by atoms with Gasteiger partial charge in [-0.3, -0.25) is 0 Å². The quantitative estimate of drug-likeness (QED) is 0.862. The van der Waals surface area contributed by atoms with Crippen molar-refractivity contribution in [3.05, 3.63) is 16.5 Å². The summed E-state index contributed by atoms with van der Waals surface area (Å²) in [5, 5.41) is 0. The molecule has 13 heavy (non-hydrogen) atoms. The highest BCUT2D eigenvalue weighted by Gasteiger charge is 2.23. The predicted molar refractivity (Wildman–Crippen MR) is 54.2 cm³/mol. The van der Waals surface area contributed by atoms with E-state index in [1.165, 1.54) is 0 Å². The average molecular weight is 246 g/mol. The molecule has 0 aliphatic rings. The molecular weight excluding hydrogens is 234 g/mol. The molecule has 0 aromatic carbocycles. The third kappa shape index (κ3) is 2.16. The topological polar surface area (TPSA) is 61.0 Å². The van der Waals surface area contributed by atoms with E-state index in [0.717, 1.165) is 0 Å². The van der Waals surface area contributed by atoms with Crippen LogP contribution in [0.15, 0.2) is 10.7 Å². The Morgan fingerprint density at radius 1 is 1.54 bits per heavy atom. The van der Waals surface area contributed by atoms with Crippen molar-refractivity contribution in [2.45, 2.75) is 19.4 Å². The zero-order valence-corrected chi connectivity index (χ0v) is 9.42. The minimum absolute atomic E-state index is 0.426. The molecule has 0 aliphatic carbocycles. The summed E-state index contributed by atoms with van der Waals surface area (Å²) in [6.07, 6.45) is 1.62. The van der Waals surface area contributed by atoms with Crippen molar-refractivity contribution >= 4 is 21.7 Å². The first-order chi connectivity index (χ1) is 5.97. The van der Waals surface area contributed by atoms with E-state index in [9.17, 15) is 0 Å². The van der Waals surface area contributed by atoms with Gasteiger partial charge in [0.15, 0.2) is 5.82 Å². The Balaban J connectivity index is 3.10. The molecule has 0 bridgehead atoms. The van der Waals surface area contributed by atoms with E-state index in [1.54, 1.807) is 13.3 Å². The van der Waals surface area contributed by atoms with Gasteiger partial charge in [0.1, 0.15) is 11.4 Å². The zero-order valence-electron chi connectivity index (χ0n) is 7.84. The Bertz CT molecular complexity index is 314. The smallest absolute Gasteiger partial charge is 0.162 e. The fourth-order valence-corrected chi connectivity index (χ4v) is 0.953. The maximum absolute atomic E-state index is 5.62. The molecular formula is C8H12BrN3O. The summed E-state index contributed by atoms with van der Waals surface area (Å²) in [5.74, 6) is 1.01. The summed E-state index contributed by atoms with van der Waals surface area (Å²) < 4.78 is 5.92. The Morgan fingerprint density at radius 3 is 2.62 bits per heavy atom. The molecule has 0 aliphatic heterocycles.